The normalized spacial score (nSPS) is 10.7. The fourth-order valence-corrected chi connectivity index (χ4v) is 2.92. The van der Waals surface area contributed by atoms with Gasteiger partial charge in [0.05, 0.1) is 10.6 Å². The third-order valence-electron chi connectivity index (χ3n) is 3.59. The van der Waals surface area contributed by atoms with Crippen LogP contribution in [0.4, 0.5) is 0 Å². The molecule has 1 N–H and O–H groups in total. The number of hydrogen-bond acceptors (Lipinski definition) is 4. The third kappa shape index (κ3) is 3.68. The van der Waals surface area contributed by atoms with Crippen LogP contribution in [0.2, 0.25) is 0 Å². The maximum Gasteiger partial charge on any atom is 0.251 e. The summed E-state index contributed by atoms with van der Waals surface area (Å²) in [6, 6.07) is 11.5. The third-order valence-corrected chi connectivity index (χ3v) is 4.44. The highest BCUT2D eigenvalue weighted by atomic mass is 32.1. The van der Waals surface area contributed by atoms with E-state index in [0.717, 1.165) is 21.9 Å². The fraction of sp³-hybridized carbons (Fsp3) is 0.222. The lowest BCUT2D eigenvalue weighted by molar-refractivity contribution is 0.0954. The Kier molecular flexibility index (Phi) is 4.57. The molecular formula is C18H18N2O2S. The number of aryl methyl sites for hydroxylation is 2. The lowest BCUT2D eigenvalue weighted by Gasteiger charge is -2.04. The van der Waals surface area contributed by atoms with Crippen molar-refractivity contribution in [3.63, 3.8) is 0 Å². The predicted octanol–water partition coefficient (Wildman–Crippen LogP) is 3.99. The molecule has 5 heteroatoms. The molecule has 0 unspecified atom stereocenters. The zero-order valence-electron chi connectivity index (χ0n) is 13.1. The number of rotatable bonds is 5. The molecule has 0 spiro atoms. The molecule has 1 amide bonds. The standard InChI is InChI=1S/C18H18N2O2S/c1-12-5-7-14(8-6-12)17(21)19-10-9-15-13(2)22-18(20-15)16-4-3-11-23-16/h3-8,11H,9-10H2,1-2H3,(H,19,21). The first-order valence-electron chi connectivity index (χ1n) is 7.48. The molecule has 3 rings (SSSR count). The van der Waals surface area contributed by atoms with Gasteiger partial charge < -0.3 is 9.73 Å². The molecule has 2 aromatic heterocycles. The highest BCUT2D eigenvalue weighted by Gasteiger charge is 2.12. The van der Waals surface area contributed by atoms with Gasteiger partial charge in [0.15, 0.2) is 0 Å². The van der Waals surface area contributed by atoms with Gasteiger partial charge in [0, 0.05) is 18.5 Å². The number of nitrogens with one attached hydrogen (secondary N) is 1. The molecule has 0 aliphatic rings. The van der Waals surface area contributed by atoms with Gasteiger partial charge >= 0.3 is 0 Å². The number of amides is 1. The maximum atomic E-state index is 12.1. The lowest BCUT2D eigenvalue weighted by Crippen LogP contribution is -2.25. The number of carbonyl (C=O) groups is 1. The molecule has 0 aliphatic carbocycles. The molecule has 0 atom stereocenters. The summed E-state index contributed by atoms with van der Waals surface area (Å²) < 4.78 is 5.70. The Hall–Kier alpha value is -2.40. The van der Waals surface area contributed by atoms with E-state index < -0.39 is 0 Å². The van der Waals surface area contributed by atoms with Gasteiger partial charge in [0.2, 0.25) is 5.89 Å². The van der Waals surface area contributed by atoms with Crippen molar-refractivity contribution in [2.45, 2.75) is 20.3 Å². The SMILES string of the molecule is Cc1ccc(C(=O)NCCc2nc(-c3cccs3)oc2C)cc1. The molecule has 23 heavy (non-hydrogen) atoms. The zero-order valence-corrected chi connectivity index (χ0v) is 13.9. The Morgan fingerprint density at radius 2 is 2.00 bits per heavy atom. The zero-order chi connectivity index (χ0) is 16.2. The summed E-state index contributed by atoms with van der Waals surface area (Å²) in [5, 5.41) is 4.92. The van der Waals surface area contributed by atoms with Crippen LogP contribution >= 0.6 is 11.3 Å². The van der Waals surface area contributed by atoms with Gasteiger partial charge in [-0.3, -0.25) is 4.79 Å². The van der Waals surface area contributed by atoms with Gasteiger partial charge in [-0.05, 0) is 37.4 Å². The highest BCUT2D eigenvalue weighted by Crippen LogP contribution is 2.25. The number of hydrogen-bond donors (Lipinski definition) is 1. The molecule has 118 valence electrons. The molecule has 0 saturated carbocycles. The van der Waals surface area contributed by atoms with Crippen LogP contribution in [0.5, 0.6) is 0 Å². The van der Waals surface area contributed by atoms with Crippen molar-refractivity contribution < 1.29 is 9.21 Å². The second-order valence-corrected chi connectivity index (χ2v) is 6.32. The van der Waals surface area contributed by atoms with Crippen molar-refractivity contribution in [3.05, 3.63) is 64.4 Å². The van der Waals surface area contributed by atoms with Crippen molar-refractivity contribution >= 4 is 17.2 Å². The van der Waals surface area contributed by atoms with Crippen LogP contribution in [0.3, 0.4) is 0 Å². The highest BCUT2D eigenvalue weighted by molar-refractivity contribution is 7.13. The molecule has 2 heterocycles. The van der Waals surface area contributed by atoms with Crippen LogP contribution in [-0.2, 0) is 6.42 Å². The Balaban J connectivity index is 1.58. The van der Waals surface area contributed by atoms with Gasteiger partial charge in [0.25, 0.3) is 5.91 Å². The summed E-state index contributed by atoms with van der Waals surface area (Å²) in [6.07, 6.45) is 0.651. The first-order valence-corrected chi connectivity index (χ1v) is 8.36. The van der Waals surface area contributed by atoms with Crippen molar-refractivity contribution in [2.24, 2.45) is 0 Å². The van der Waals surface area contributed by atoms with E-state index in [-0.39, 0.29) is 5.91 Å². The second kappa shape index (κ2) is 6.79. The Morgan fingerprint density at radius 1 is 1.22 bits per heavy atom. The topological polar surface area (TPSA) is 55.1 Å². The van der Waals surface area contributed by atoms with Crippen LogP contribution in [0.25, 0.3) is 10.8 Å². The molecular weight excluding hydrogens is 308 g/mol. The Labute approximate surface area is 139 Å². The largest absolute Gasteiger partial charge is 0.440 e. The average molecular weight is 326 g/mol. The van der Waals surface area contributed by atoms with E-state index >= 15 is 0 Å². The number of benzene rings is 1. The van der Waals surface area contributed by atoms with Crippen LogP contribution in [-0.4, -0.2) is 17.4 Å². The van der Waals surface area contributed by atoms with Crippen LogP contribution in [0, 0.1) is 13.8 Å². The number of thiophene rings is 1. The van der Waals surface area contributed by atoms with Gasteiger partial charge in [0.1, 0.15) is 5.76 Å². The van der Waals surface area contributed by atoms with Gasteiger partial charge in [-0.15, -0.1) is 11.3 Å². The summed E-state index contributed by atoms with van der Waals surface area (Å²) in [5.74, 6) is 1.39. The monoisotopic (exact) mass is 326 g/mol. The Morgan fingerprint density at radius 3 is 2.70 bits per heavy atom. The second-order valence-electron chi connectivity index (χ2n) is 5.37. The van der Waals surface area contributed by atoms with Crippen molar-refractivity contribution in [2.75, 3.05) is 6.54 Å². The summed E-state index contributed by atoms with van der Waals surface area (Å²) in [5.41, 5.74) is 2.70. The van der Waals surface area contributed by atoms with E-state index in [4.69, 9.17) is 4.42 Å². The summed E-state index contributed by atoms with van der Waals surface area (Å²) in [4.78, 5) is 17.6. The van der Waals surface area contributed by atoms with E-state index in [9.17, 15) is 4.79 Å². The van der Waals surface area contributed by atoms with E-state index in [2.05, 4.69) is 10.3 Å². The number of aromatic nitrogens is 1. The van der Waals surface area contributed by atoms with E-state index in [1.165, 1.54) is 0 Å². The minimum atomic E-state index is -0.0652. The molecule has 0 aliphatic heterocycles. The van der Waals surface area contributed by atoms with Crippen molar-refractivity contribution in [3.8, 4) is 10.8 Å². The van der Waals surface area contributed by atoms with Crippen molar-refractivity contribution in [1.82, 2.24) is 10.3 Å². The predicted molar refractivity (Wildman–Crippen MR) is 91.8 cm³/mol. The van der Waals surface area contributed by atoms with E-state index in [1.807, 2.05) is 55.6 Å². The van der Waals surface area contributed by atoms with Crippen LogP contribution < -0.4 is 5.32 Å². The van der Waals surface area contributed by atoms with E-state index in [0.29, 0.717) is 24.4 Å². The van der Waals surface area contributed by atoms with E-state index in [1.54, 1.807) is 11.3 Å². The van der Waals surface area contributed by atoms with Gasteiger partial charge in [-0.25, -0.2) is 4.98 Å². The minimum absolute atomic E-state index is 0.0652. The first-order chi connectivity index (χ1) is 11.1. The Bertz CT molecular complexity index is 789. The average Bonchev–Trinajstić information content (AvgIpc) is 3.18. The molecule has 4 nitrogen and oxygen atoms in total. The lowest BCUT2D eigenvalue weighted by atomic mass is 10.1. The number of carbonyl (C=O) groups excluding carboxylic acids is 1. The minimum Gasteiger partial charge on any atom is -0.440 e. The molecule has 1 aromatic carbocycles. The summed E-state index contributed by atoms with van der Waals surface area (Å²) in [7, 11) is 0. The van der Waals surface area contributed by atoms with Gasteiger partial charge in [-0.2, -0.15) is 0 Å². The van der Waals surface area contributed by atoms with Crippen molar-refractivity contribution in [1.29, 1.82) is 0 Å². The smallest absolute Gasteiger partial charge is 0.251 e. The first kappa shape index (κ1) is 15.5. The molecule has 0 radical (unpaired) electrons. The summed E-state index contributed by atoms with van der Waals surface area (Å²) in [6.45, 7) is 4.44. The molecule has 3 aromatic rings. The quantitative estimate of drug-likeness (QED) is 0.771. The molecule has 0 saturated heterocycles. The fourth-order valence-electron chi connectivity index (χ4n) is 2.27. The maximum absolute atomic E-state index is 12.1. The molecule has 0 bridgehead atoms. The number of nitrogens with zero attached hydrogens (tertiary/aromatic N) is 1. The number of oxazole rings is 1. The molecule has 0 fully saturated rings. The van der Waals surface area contributed by atoms with Crippen LogP contribution in [0.15, 0.2) is 46.2 Å². The van der Waals surface area contributed by atoms with Crippen LogP contribution in [0.1, 0.15) is 27.4 Å². The van der Waals surface area contributed by atoms with Gasteiger partial charge in [-0.1, -0.05) is 23.8 Å². The summed E-state index contributed by atoms with van der Waals surface area (Å²) >= 11 is 1.60.